The van der Waals surface area contributed by atoms with E-state index in [4.69, 9.17) is 20.9 Å². The fourth-order valence-electron chi connectivity index (χ4n) is 1.98. The summed E-state index contributed by atoms with van der Waals surface area (Å²) in [6.45, 7) is 3.45. The zero-order valence-corrected chi connectivity index (χ0v) is 14.0. The van der Waals surface area contributed by atoms with Crippen molar-refractivity contribution in [2.45, 2.75) is 37.8 Å². The maximum atomic E-state index is 10.1. The van der Waals surface area contributed by atoms with Crippen molar-refractivity contribution in [1.82, 2.24) is 9.80 Å². The van der Waals surface area contributed by atoms with Crippen LogP contribution in [0.1, 0.15) is 25.7 Å². The summed E-state index contributed by atoms with van der Waals surface area (Å²) in [5.74, 6) is 0. The predicted octanol–water partition coefficient (Wildman–Crippen LogP) is 0.107. The van der Waals surface area contributed by atoms with E-state index >= 15 is 0 Å². The van der Waals surface area contributed by atoms with Crippen molar-refractivity contribution in [1.29, 1.82) is 0 Å². The van der Waals surface area contributed by atoms with Gasteiger partial charge in [0.15, 0.2) is 0 Å². The molecule has 2 amide bonds. The molecule has 0 unspecified atom stereocenters. The monoisotopic (exact) mass is 340 g/mol. The van der Waals surface area contributed by atoms with Crippen LogP contribution in [0.3, 0.4) is 0 Å². The number of hydrogen-bond acceptors (Lipinski definition) is 6. The third-order valence-corrected chi connectivity index (χ3v) is 3.60. The average Bonchev–Trinajstić information content (AvgIpc) is 2.64. The van der Waals surface area contributed by atoms with Crippen LogP contribution in [-0.2, 0) is 19.1 Å². The Kier molecular flexibility index (Phi) is 10.7. The lowest BCUT2D eigenvalue weighted by Gasteiger charge is -2.16. The highest BCUT2D eigenvalue weighted by molar-refractivity contribution is 5.55. The molecule has 3 heterocycles. The van der Waals surface area contributed by atoms with Gasteiger partial charge in [0.2, 0.25) is 12.8 Å². The molecule has 0 aromatic rings. The minimum Gasteiger partial charge on any atom is -0.381 e. The van der Waals surface area contributed by atoms with Crippen molar-refractivity contribution in [3.8, 4) is 0 Å². The fourth-order valence-corrected chi connectivity index (χ4v) is 1.98. The number of hydrogen-bond donors (Lipinski definition) is 2. The molecular weight excluding hydrogens is 312 g/mol. The topological polar surface area (TPSA) is 111 Å². The van der Waals surface area contributed by atoms with E-state index in [1.54, 1.807) is 0 Å². The largest absolute Gasteiger partial charge is 0.381 e. The summed E-state index contributed by atoms with van der Waals surface area (Å²) in [6, 6.07) is 0.822. The highest BCUT2D eigenvalue weighted by Gasteiger charge is 2.07. The van der Waals surface area contributed by atoms with Crippen molar-refractivity contribution in [2.75, 3.05) is 26.4 Å². The third kappa shape index (κ3) is 9.41. The molecule has 0 aromatic heterocycles. The van der Waals surface area contributed by atoms with Crippen LogP contribution in [0, 0.1) is 0 Å². The lowest BCUT2D eigenvalue weighted by Crippen LogP contribution is -2.28. The van der Waals surface area contributed by atoms with Gasteiger partial charge in [0.05, 0.1) is 0 Å². The number of amides is 2. The van der Waals surface area contributed by atoms with Gasteiger partial charge >= 0.3 is 0 Å². The van der Waals surface area contributed by atoms with E-state index in [0.29, 0.717) is 24.9 Å². The second-order valence-electron chi connectivity index (χ2n) is 5.60. The Labute approximate surface area is 143 Å². The first kappa shape index (κ1) is 20.3. The van der Waals surface area contributed by atoms with Crippen LogP contribution >= 0.6 is 0 Å². The van der Waals surface area contributed by atoms with Gasteiger partial charge in [0.25, 0.3) is 0 Å². The lowest BCUT2D eigenvalue weighted by molar-refractivity contribution is -0.116. The zero-order valence-electron chi connectivity index (χ0n) is 14.0. The third-order valence-electron chi connectivity index (χ3n) is 3.60. The molecule has 8 heteroatoms. The second kappa shape index (κ2) is 12.7. The minimum absolute atomic E-state index is 0.411. The van der Waals surface area contributed by atoms with Crippen molar-refractivity contribution < 1.29 is 19.1 Å². The van der Waals surface area contributed by atoms with Crippen LogP contribution in [0.5, 0.6) is 0 Å². The van der Waals surface area contributed by atoms with Crippen LogP contribution in [0.2, 0.25) is 0 Å². The van der Waals surface area contributed by atoms with Gasteiger partial charge < -0.3 is 20.9 Å². The SMILES string of the molecule is NC1CCOCC1.NC1CCOCC1.O=CN1C=CN(C=O)C=C1. The Morgan fingerprint density at radius 2 is 1.00 bits per heavy atom. The van der Waals surface area contributed by atoms with Gasteiger partial charge in [0, 0.05) is 63.3 Å². The molecule has 0 saturated carbocycles. The Bertz CT molecular complexity index is 355. The number of carbonyl (C=O) groups excluding carboxylic acids is 2. The molecule has 3 rings (SSSR count). The van der Waals surface area contributed by atoms with Crippen LogP contribution in [0.4, 0.5) is 0 Å². The fraction of sp³-hybridized carbons (Fsp3) is 0.625. The zero-order chi connectivity index (χ0) is 17.6. The smallest absolute Gasteiger partial charge is 0.217 e. The summed E-state index contributed by atoms with van der Waals surface area (Å²) < 4.78 is 10.1. The Balaban J connectivity index is 0.000000185. The summed E-state index contributed by atoms with van der Waals surface area (Å²) in [7, 11) is 0. The summed E-state index contributed by atoms with van der Waals surface area (Å²) >= 11 is 0. The molecule has 0 bridgehead atoms. The molecule has 2 fully saturated rings. The summed E-state index contributed by atoms with van der Waals surface area (Å²) in [5.41, 5.74) is 11.1. The molecule has 0 spiro atoms. The van der Waals surface area contributed by atoms with E-state index in [9.17, 15) is 9.59 Å². The van der Waals surface area contributed by atoms with Crippen molar-refractivity contribution in [3.05, 3.63) is 24.8 Å². The molecule has 136 valence electrons. The van der Waals surface area contributed by atoms with E-state index in [0.717, 1.165) is 52.1 Å². The molecular formula is C16H28N4O4. The molecule has 0 atom stereocenters. The van der Waals surface area contributed by atoms with Gasteiger partial charge in [0.1, 0.15) is 0 Å². The predicted molar refractivity (Wildman–Crippen MR) is 90.1 cm³/mol. The Morgan fingerprint density at radius 1 is 0.708 bits per heavy atom. The summed E-state index contributed by atoms with van der Waals surface area (Å²) in [4.78, 5) is 22.8. The second-order valence-corrected chi connectivity index (χ2v) is 5.60. The first-order chi connectivity index (χ1) is 11.7. The van der Waals surface area contributed by atoms with Crippen molar-refractivity contribution in [3.63, 3.8) is 0 Å². The van der Waals surface area contributed by atoms with Gasteiger partial charge in [-0.05, 0) is 25.7 Å². The molecule has 2 saturated heterocycles. The molecule has 0 aromatic carbocycles. The van der Waals surface area contributed by atoms with E-state index in [1.807, 2.05) is 0 Å². The molecule has 4 N–H and O–H groups in total. The minimum atomic E-state index is 0.411. The van der Waals surface area contributed by atoms with Gasteiger partial charge in [-0.1, -0.05) is 0 Å². The summed E-state index contributed by atoms with van der Waals surface area (Å²) in [6.07, 6.45) is 11.4. The van der Waals surface area contributed by atoms with Gasteiger partial charge in [-0.25, -0.2) is 0 Å². The number of nitrogens with zero attached hydrogens (tertiary/aromatic N) is 2. The molecule has 3 aliphatic heterocycles. The standard InChI is InChI=1S/C6H6N2O2.2C5H11NO/c9-5-7-1-2-8(6-10)4-3-7;2*6-5-1-3-7-4-2-5/h1-6H;2*5H,1-4,6H2. The summed E-state index contributed by atoms with van der Waals surface area (Å²) in [5, 5.41) is 0. The highest BCUT2D eigenvalue weighted by Crippen LogP contribution is 2.02. The average molecular weight is 340 g/mol. The molecule has 24 heavy (non-hydrogen) atoms. The molecule has 0 aliphatic carbocycles. The molecule has 0 radical (unpaired) electrons. The maximum Gasteiger partial charge on any atom is 0.217 e. The lowest BCUT2D eigenvalue weighted by atomic mass is 10.1. The van der Waals surface area contributed by atoms with Gasteiger partial charge in [-0.3, -0.25) is 19.4 Å². The van der Waals surface area contributed by atoms with Crippen molar-refractivity contribution in [2.24, 2.45) is 11.5 Å². The number of nitrogens with two attached hydrogens (primary N) is 2. The van der Waals surface area contributed by atoms with E-state index in [2.05, 4.69) is 0 Å². The number of rotatable bonds is 2. The van der Waals surface area contributed by atoms with E-state index < -0.39 is 0 Å². The van der Waals surface area contributed by atoms with Crippen LogP contribution in [0.25, 0.3) is 0 Å². The van der Waals surface area contributed by atoms with Crippen LogP contribution in [-0.4, -0.2) is 61.1 Å². The first-order valence-electron chi connectivity index (χ1n) is 8.14. The molecule has 3 aliphatic rings. The normalized spacial score (nSPS) is 21.2. The van der Waals surface area contributed by atoms with E-state index in [1.165, 1.54) is 34.6 Å². The highest BCUT2D eigenvalue weighted by atomic mass is 16.5. The number of carbonyl (C=O) groups is 2. The number of ether oxygens (including phenoxy) is 2. The molecule has 8 nitrogen and oxygen atoms in total. The van der Waals surface area contributed by atoms with Gasteiger partial charge in [-0.15, -0.1) is 0 Å². The van der Waals surface area contributed by atoms with Gasteiger partial charge in [-0.2, -0.15) is 0 Å². The maximum absolute atomic E-state index is 10.1. The Morgan fingerprint density at radius 3 is 1.17 bits per heavy atom. The van der Waals surface area contributed by atoms with Crippen LogP contribution < -0.4 is 11.5 Å². The quantitative estimate of drug-likeness (QED) is 0.690. The van der Waals surface area contributed by atoms with Crippen LogP contribution in [0.15, 0.2) is 24.8 Å². The first-order valence-corrected chi connectivity index (χ1v) is 8.14. The van der Waals surface area contributed by atoms with Crippen molar-refractivity contribution >= 4 is 12.8 Å². The van der Waals surface area contributed by atoms with E-state index in [-0.39, 0.29) is 0 Å². The Hall–Kier alpha value is -1.74.